The molecule has 0 spiro atoms. The Hall–Kier alpha value is -2.47. The number of hydrazone groups is 1. The zero-order valence-corrected chi connectivity index (χ0v) is 18.4. The second-order valence-electron chi connectivity index (χ2n) is 5.61. The van der Waals surface area contributed by atoms with Gasteiger partial charge in [-0.25, -0.2) is 5.43 Å². The molecule has 1 heterocycles. The van der Waals surface area contributed by atoms with E-state index in [1.165, 1.54) is 47.1 Å². The number of carbonyl (C=O) groups is 1. The molecule has 3 aromatic rings. The van der Waals surface area contributed by atoms with Crippen molar-refractivity contribution in [2.24, 2.45) is 5.10 Å². The summed E-state index contributed by atoms with van der Waals surface area (Å²) in [7, 11) is 0. The number of hydrogen-bond acceptors (Lipinski definition) is 9. The van der Waals surface area contributed by atoms with Gasteiger partial charge in [0.05, 0.1) is 22.5 Å². The highest BCUT2D eigenvalue weighted by Gasteiger charge is 2.11. The van der Waals surface area contributed by atoms with E-state index < -0.39 is 4.92 Å². The van der Waals surface area contributed by atoms with Crippen molar-refractivity contribution in [2.45, 2.75) is 14.4 Å². The fourth-order valence-corrected chi connectivity index (χ4v) is 5.26. The van der Waals surface area contributed by atoms with Crippen molar-refractivity contribution in [1.82, 2.24) is 15.6 Å². The Kier molecular flexibility index (Phi) is 8.20. The number of hydrogen-bond donors (Lipinski definition) is 1. The standard InChI is InChI=1S/C18H14ClN5O3S3/c19-14-7-3-1-6-13(14)10-28-17-22-23-18(30-17)29-11-16(25)21-20-9-12-5-2-4-8-15(12)24(26)27/h1-9H,10-11H2,(H,21,25)/b20-9+. The van der Waals surface area contributed by atoms with Gasteiger partial charge in [0, 0.05) is 16.8 Å². The van der Waals surface area contributed by atoms with Gasteiger partial charge >= 0.3 is 0 Å². The molecule has 1 amide bonds. The van der Waals surface area contributed by atoms with E-state index in [0.717, 1.165) is 9.90 Å². The maximum Gasteiger partial charge on any atom is 0.278 e. The molecule has 0 aliphatic rings. The third-order valence-electron chi connectivity index (χ3n) is 3.55. The quantitative estimate of drug-likeness (QED) is 0.206. The average Bonchev–Trinajstić information content (AvgIpc) is 3.20. The van der Waals surface area contributed by atoms with E-state index in [4.69, 9.17) is 11.6 Å². The van der Waals surface area contributed by atoms with Crippen LogP contribution in [0.3, 0.4) is 0 Å². The van der Waals surface area contributed by atoms with Crippen LogP contribution in [0.25, 0.3) is 0 Å². The predicted molar refractivity (Wildman–Crippen MR) is 120 cm³/mol. The average molecular weight is 480 g/mol. The van der Waals surface area contributed by atoms with Crippen LogP contribution in [-0.2, 0) is 10.5 Å². The molecule has 0 saturated carbocycles. The number of aromatic nitrogens is 2. The summed E-state index contributed by atoms with van der Waals surface area (Å²) in [5.41, 5.74) is 3.59. The molecule has 0 radical (unpaired) electrons. The fourth-order valence-electron chi connectivity index (χ4n) is 2.17. The molecule has 154 valence electrons. The Labute approximate surface area is 189 Å². The van der Waals surface area contributed by atoms with Gasteiger partial charge < -0.3 is 0 Å². The third-order valence-corrected chi connectivity index (χ3v) is 7.16. The Morgan fingerprint density at radius 3 is 2.63 bits per heavy atom. The normalized spacial score (nSPS) is 11.0. The molecule has 0 atom stereocenters. The molecule has 0 aliphatic carbocycles. The van der Waals surface area contributed by atoms with E-state index in [1.807, 2.05) is 24.3 Å². The molecule has 1 N–H and O–H groups in total. The van der Waals surface area contributed by atoms with Gasteiger partial charge in [0.15, 0.2) is 8.68 Å². The smallest absolute Gasteiger partial charge is 0.272 e. The number of nitro benzene ring substituents is 1. The second kappa shape index (κ2) is 11.1. The highest BCUT2D eigenvalue weighted by atomic mass is 35.5. The zero-order chi connectivity index (χ0) is 21.3. The number of benzene rings is 2. The lowest BCUT2D eigenvalue weighted by Crippen LogP contribution is -2.19. The molecule has 8 nitrogen and oxygen atoms in total. The molecule has 1 aromatic heterocycles. The van der Waals surface area contributed by atoms with Crippen molar-refractivity contribution in [3.63, 3.8) is 0 Å². The topological polar surface area (TPSA) is 110 Å². The summed E-state index contributed by atoms with van der Waals surface area (Å²) < 4.78 is 1.45. The molecule has 0 aliphatic heterocycles. The van der Waals surface area contributed by atoms with E-state index in [9.17, 15) is 14.9 Å². The molecule has 0 fully saturated rings. The third kappa shape index (κ3) is 6.52. The van der Waals surface area contributed by atoms with E-state index in [-0.39, 0.29) is 17.3 Å². The number of nitro groups is 1. The van der Waals surface area contributed by atoms with Crippen molar-refractivity contribution < 1.29 is 9.72 Å². The van der Waals surface area contributed by atoms with Gasteiger partial charge in [0.1, 0.15) is 0 Å². The first-order valence-electron chi connectivity index (χ1n) is 8.41. The number of carbonyl (C=O) groups excluding carboxylic acids is 1. The maximum absolute atomic E-state index is 11.9. The zero-order valence-electron chi connectivity index (χ0n) is 15.2. The summed E-state index contributed by atoms with van der Waals surface area (Å²) in [5, 5.41) is 23.6. The van der Waals surface area contributed by atoms with Crippen LogP contribution in [0.2, 0.25) is 5.02 Å². The highest BCUT2D eigenvalue weighted by molar-refractivity contribution is 8.03. The van der Waals surface area contributed by atoms with E-state index >= 15 is 0 Å². The number of amides is 1. The van der Waals surface area contributed by atoms with Crippen LogP contribution < -0.4 is 5.43 Å². The van der Waals surface area contributed by atoms with E-state index in [2.05, 4.69) is 20.7 Å². The number of nitrogens with zero attached hydrogens (tertiary/aromatic N) is 4. The van der Waals surface area contributed by atoms with E-state index in [0.29, 0.717) is 20.7 Å². The molecule has 12 heteroatoms. The summed E-state index contributed by atoms with van der Waals surface area (Å²) in [6, 6.07) is 13.8. The molecule has 2 aromatic carbocycles. The first-order chi connectivity index (χ1) is 14.5. The SMILES string of the molecule is O=C(CSc1nnc(SCc2ccccc2Cl)s1)N/N=C/c1ccccc1[N+](=O)[O-]. The van der Waals surface area contributed by atoms with Crippen LogP contribution in [0, 0.1) is 10.1 Å². The minimum absolute atomic E-state index is 0.0828. The lowest BCUT2D eigenvalue weighted by molar-refractivity contribution is -0.385. The van der Waals surface area contributed by atoms with Gasteiger partial charge in [-0.2, -0.15) is 5.10 Å². The maximum atomic E-state index is 11.9. The van der Waals surface area contributed by atoms with E-state index in [1.54, 1.807) is 18.2 Å². The lowest BCUT2D eigenvalue weighted by Gasteiger charge is -2.00. The van der Waals surface area contributed by atoms with Crippen molar-refractivity contribution in [3.05, 3.63) is 74.8 Å². The summed E-state index contributed by atoms with van der Waals surface area (Å²) in [6.07, 6.45) is 1.25. The molecule has 0 saturated heterocycles. The largest absolute Gasteiger partial charge is 0.278 e. The highest BCUT2D eigenvalue weighted by Crippen LogP contribution is 2.32. The monoisotopic (exact) mass is 479 g/mol. The van der Waals surface area contributed by atoms with Gasteiger partial charge in [-0.15, -0.1) is 10.2 Å². The van der Waals surface area contributed by atoms with Crippen LogP contribution in [0.1, 0.15) is 11.1 Å². The van der Waals surface area contributed by atoms with Crippen molar-refractivity contribution in [1.29, 1.82) is 0 Å². The van der Waals surface area contributed by atoms with Gasteiger partial charge in [0.25, 0.3) is 11.6 Å². The van der Waals surface area contributed by atoms with Crippen LogP contribution >= 0.6 is 46.5 Å². The minimum atomic E-state index is -0.504. The summed E-state index contributed by atoms with van der Waals surface area (Å²) in [5.74, 6) is 0.424. The molecule has 30 heavy (non-hydrogen) atoms. The Morgan fingerprint density at radius 2 is 1.87 bits per heavy atom. The Morgan fingerprint density at radius 1 is 1.17 bits per heavy atom. The minimum Gasteiger partial charge on any atom is -0.272 e. The van der Waals surface area contributed by atoms with Crippen LogP contribution in [0.5, 0.6) is 0 Å². The second-order valence-corrected chi connectivity index (χ2v) is 9.44. The first-order valence-corrected chi connectivity index (χ1v) is 11.6. The molecule has 0 unspecified atom stereocenters. The molecule has 0 bridgehead atoms. The number of halogens is 1. The van der Waals surface area contributed by atoms with Crippen molar-refractivity contribution in [2.75, 3.05) is 5.75 Å². The number of nitrogens with one attached hydrogen (secondary N) is 1. The van der Waals surface area contributed by atoms with Crippen LogP contribution in [0.4, 0.5) is 5.69 Å². The van der Waals surface area contributed by atoms with Gasteiger partial charge in [-0.1, -0.05) is 76.8 Å². The first kappa shape index (κ1) is 22.2. The predicted octanol–water partition coefficient (Wildman–Crippen LogP) is 4.63. The summed E-state index contributed by atoms with van der Waals surface area (Å²) in [6.45, 7) is 0. The van der Waals surface area contributed by atoms with Crippen LogP contribution in [0.15, 0.2) is 62.3 Å². The van der Waals surface area contributed by atoms with Gasteiger partial charge in [0.2, 0.25) is 0 Å². The van der Waals surface area contributed by atoms with Gasteiger partial charge in [-0.3, -0.25) is 14.9 Å². The molecular weight excluding hydrogens is 466 g/mol. The fraction of sp³-hybridized carbons (Fsp3) is 0.111. The van der Waals surface area contributed by atoms with Crippen molar-refractivity contribution >= 4 is 64.3 Å². The summed E-state index contributed by atoms with van der Waals surface area (Å²) >= 11 is 10.3. The molecular formula is C18H14ClN5O3S3. The van der Waals surface area contributed by atoms with Crippen LogP contribution in [-0.4, -0.2) is 33.0 Å². The number of thioether (sulfide) groups is 2. The Bertz CT molecular complexity index is 1080. The number of rotatable bonds is 9. The van der Waals surface area contributed by atoms with Gasteiger partial charge in [-0.05, 0) is 17.7 Å². The molecule has 3 rings (SSSR count). The number of para-hydroxylation sites is 1. The lowest BCUT2D eigenvalue weighted by atomic mass is 10.2. The summed E-state index contributed by atoms with van der Waals surface area (Å²) in [4.78, 5) is 22.4. The Balaban J connectivity index is 1.45. The van der Waals surface area contributed by atoms with Crippen molar-refractivity contribution in [3.8, 4) is 0 Å².